The molecule has 112 valence electrons. The Morgan fingerprint density at radius 2 is 2.15 bits per heavy atom. The van der Waals surface area contributed by atoms with E-state index in [0.717, 1.165) is 19.3 Å². The molecule has 0 aromatic heterocycles. The minimum Gasteiger partial charge on any atom is -0.466 e. The van der Waals surface area contributed by atoms with E-state index < -0.39 is 0 Å². The summed E-state index contributed by atoms with van der Waals surface area (Å²) in [6.45, 7) is 2.89. The number of allylic oxidation sites excluding steroid dienone is 1. The zero-order valence-corrected chi connectivity index (χ0v) is 12.2. The van der Waals surface area contributed by atoms with Crippen LogP contribution in [0, 0.1) is 11.8 Å². The Morgan fingerprint density at radius 1 is 1.35 bits per heavy atom. The van der Waals surface area contributed by atoms with Crippen molar-refractivity contribution in [1.82, 2.24) is 0 Å². The summed E-state index contributed by atoms with van der Waals surface area (Å²) in [5, 5.41) is 0. The molecule has 3 aliphatic rings. The second kappa shape index (κ2) is 5.86. The first-order valence-electron chi connectivity index (χ1n) is 7.89. The van der Waals surface area contributed by atoms with Crippen LogP contribution in [-0.4, -0.2) is 31.1 Å². The number of carbonyl (C=O) groups is 1. The molecule has 0 aromatic carbocycles. The van der Waals surface area contributed by atoms with Crippen molar-refractivity contribution in [3.8, 4) is 0 Å². The van der Waals surface area contributed by atoms with Crippen molar-refractivity contribution in [2.24, 2.45) is 11.8 Å². The van der Waals surface area contributed by atoms with Crippen molar-refractivity contribution < 1.29 is 19.0 Å². The fourth-order valence-corrected chi connectivity index (χ4v) is 3.68. The van der Waals surface area contributed by atoms with E-state index in [-0.39, 0.29) is 29.7 Å². The third-order valence-electron chi connectivity index (χ3n) is 4.72. The van der Waals surface area contributed by atoms with Gasteiger partial charge in [-0.15, -0.1) is 0 Å². The number of esters is 1. The lowest BCUT2D eigenvalue weighted by Gasteiger charge is -2.32. The zero-order valence-electron chi connectivity index (χ0n) is 12.2. The van der Waals surface area contributed by atoms with Crippen LogP contribution in [0.5, 0.6) is 0 Å². The molecule has 3 rings (SSSR count). The third-order valence-corrected chi connectivity index (χ3v) is 4.72. The van der Waals surface area contributed by atoms with Gasteiger partial charge in [0.05, 0.1) is 25.2 Å². The molecule has 2 aliphatic carbocycles. The highest BCUT2D eigenvalue weighted by Crippen LogP contribution is 2.42. The molecule has 0 amide bonds. The van der Waals surface area contributed by atoms with Crippen LogP contribution in [0.25, 0.3) is 0 Å². The molecule has 0 N–H and O–H groups in total. The van der Waals surface area contributed by atoms with E-state index in [0.29, 0.717) is 13.2 Å². The lowest BCUT2D eigenvalue weighted by Crippen LogP contribution is -2.36. The predicted octanol–water partition coefficient (Wildman–Crippen LogP) is 2.82. The third kappa shape index (κ3) is 2.63. The summed E-state index contributed by atoms with van der Waals surface area (Å²) in [4.78, 5) is 12.0. The summed E-state index contributed by atoms with van der Waals surface area (Å²) in [5.41, 5.74) is 0. The number of rotatable bonds is 3. The Labute approximate surface area is 120 Å². The molecule has 1 saturated carbocycles. The van der Waals surface area contributed by atoms with Gasteiger partial charge in [-0.3, -0.25) is 4.79 Å². The Morgan fingerprint density at radius 3 is 2.90 bits per heavy atom. The summed E-state index contributed by atoms with van der Waals surface area (Å²) >= 11 is 0. The Hall–Kier alpha value is -0.870. The summed E-state index contributed by atoms with van der Waals surface area (Å²) in [6.07, 6.45) is 10.5. The van der Waals surface area contributed by atoms with E-state index in [2.05, 4.69) is 12.2 Å². The Kier molecular flexibility index (Phi) is 4.13. The van der Waals surface area contributed by atoms with Gasteiger partial charge in [-0.2, -0.15) is 0 Å². The van der Waals surface area contributed by atoms with E-state index >= 15 is 0 Å². The van der Waals surface area contributed by atoms with E-state index in [4.69, 9.17) is 14.2 Å². The first kappa shape index (κ1) is 14.1. The van der Waals surface area contributed by atoms with Crippen molar-refractivity contribution in [2.75, 3.05) is 13.2 Å². The highest BCUT2D eigenvalue weighted by atomic mass is 16.7. The van der Waals surface area contributed by atoms with Gasteiger partial charge in [0.15, 0.2) is 5.79 Å². The largest absolute Gasteiger partial charge is 0.466 e. The number of hydrogen-bond donors (Lipinski definition) is 0. The lowest BCUT2D eigenvalue weighted by molar-refractivity contribution is -0.192. The van der Waals surface area contributed by atoms with E-state index in [1.54, 1.807) is 0 Å². The molecule has 1 spiro atoms. The second-order valence-electron chi connectivity index (χ2n) is 6.04. The minimum atomic E-state index is -0.363. The normalized spacial score (nSPS) is 35.5. The molecule has 0 radical (unpaired) electrons. The lowest BCUT2D eigenvalue weighted by atomic mass is 9.90. The molecular formula is C16H24O4. The quantitative estimate of drug-likeness (QED) is 0.589. The van der Waals surface area contributed by atoms with Gasteiger partial charge in [0.2, 0.25) is 0 Å². The second-order valence-corrected chi connectivity index (χ2v) is 6.04. The summed E-state index contributed by atoms with van der Waals surface area (Å²) in [6, 6.07) is 0. The van der Waals surface area contributed by atoms with Crippen LogP contribution in [0.3, 0.4) is 0 Å². The van der Waals surface area contributed by atoms with Crippen molar-refractivity contribution in [2.45, 2.75) is 57.3 Å². The van der Waals surface area contributed by atoms with Crippen LogP contribution in [0.2, 0.25) is 0 Å². The van der Waals surface area contributed by atoms with Crippen molar-refractivity contribution in [1.29, 1.82) is 0 Å². The molecule has 2 fully saturated rings. The Bertz CT molecular complexity index is 384. The van der Waals surface area contributed by atoms with E-state index in [1.807, 2.05) is 6.92 Å². The van der Waals surface area contributed by atoms with Gasteiger partial charge in [-0.25, -0.2) is 0 Å². The molecule has 0 bridgehead atoms. The zero-order chi connectivity index (χ0) is 14.0. The van der Waals surface area contributed by atoms with Crippen LogP contribution < -0.4 is 0 Å². The maximum Gasteiger partial charge on any atom is 0.309 e. The van der Waals surface area contributed by atoms with Crippen LogP contribution in [0.15, 0.2) is 12.2 Å². The average Bonchev–Trinajstić information content (AvgIpc) is 3.07. The fourth-order valence-electron chi connectivity index (χ4n) is 3.68. The molecule has 4 nitrogen and oxygen atoms in total. The van der Waals surface area contributed by atoms with Crippen LogP contribution >= 0.6 is 0 Å². The first-order valence-corrected chi connectivity index (χ1v) is 7.89. The molecule has 20 heavy (non-hydrogen) atoms. The van der Waals surface area contributed by atoms with E-state index in [9.17, 15) is 4.79 Å². The topological polar surface area (TPSA) is 44.8 Å². The molecule has 1 heterocycles. The fraction of sp³-hybridized carbons (Fsp3) is 0.812. The van der Waals surface area contributed by atoms with Crippen LogP contribution in [0.1, 0.15) is 45.4 Å². The molecular weight excluding hydrogens is 256 g/mol. The summed E-state index contributed by atoms with van der Waals surface area (Å²) < 4.78 is 17.4. The van der Waals surface area contributed by atoms with Gasteiger partial charge in [-0.1, -0.05) is 18.6 Å². The monoisotopic (exact) mass is 280 g/mol. The molecule has 1 aliphatic heterocycles. The minimum absolute atomic E-state index is 0.00116. The average molecular weight is 280 g/mol. The van der Waals surface area contributed by atoms with Gasteiger partial charge in [0, 0.05) is 18.8 Å². The SMILES string of the molecule is CCOC(=O)[C@@H]1CC=C[C@H]1[C@H]1COC2(CCCCC2)O1. The maximum absolute atomic E-state index is 12.0. The highest BCUT2D eigenvalue weighted by molar-refractivity contribution is 5.74. The van der Waals surface area contributed by atoms with Gasteiger partial charge < -0.3 is 14.2 Å². The first-order chi connectivity index (χ1) is 9.74. The summed E-state index contributed by atoms with van der Waals surface area (Å²) in [7, 11) is 0. The molecule has 1 saturated heterocycles. The standard InChI is InChI=1S/C16H24O4/c1-2-18-15(17)13-8-6-7-12(13)14-11-19-16(20-14)9-4-3-5-10-16/h6-7,12-14H,2-5,8-11H2,1H3/t12-,13-,14-/m1/s1. The maximum atomic E-state index is 12.0. The van der Waals surface area contributed by atoms with Gasteiger partial charge >= 0.3 is 5.97 Å². The number of carbonyl (C=O) groups excluding carboxylic acids is 1. The van der Waals surface area contributed by atoms with Crippen LogP contribution in [-0.2, 0) is 19.0 Å². The van der Waals surface area contributed by atoms with Crippen molar-refractivity contribution in [3.05, 3.63) is 12.2 Å². The van der Waals surface area contributed by atoms with Gasteiger partial charge in [0.1, 0.15) is 0 Å². The Balaban J connectivity index is 1.64. The van der Waals surface area contributed by atoms with Crippen molar-refractivity contribution >= 4 is 5.97 Å². The molecule has 0 unspecified atom stereocenters. The van der Waals surface area contributed by atoms with Crippen molar-refractivity contribution in [3.63, 3.8) is 0 Å². The molecule has 0 aromatic rings. The predicted molar refractivity (Wildman–Crippen MR) is 74.0 cm³/mol. The molecule has 3 atom stereocenters. The number of hydrogen-bond acceptors (Lipinski definition) is 4. The van der Waals surface area contributed by atoms with E-state index in [1.165, 1.54) is 19.3 Å². The molecule has 4 heteroatoms. The van der Waals surface area contributed by atoms with Gasteiger partial charge in [0.25, 0.3) is 0 Å². The number of ether oxygens (including phenoxy) is 3. The van der Waals surface area contributed by atoms with Crippen LogP contribution in [0.4, 0.5) is 0 Å². The summed E-state index contributed by atoms with van der Waals surface area (Å²) in [5.74, 6) is -0.452. The smallest absolute Gasteiger partial charge is 0.309 e. The highest BCUT2D eigenvalue weighted by Gasteiger charge is 2.47. The van der Waals surface area contributed by atoms with Gasteiger partial charge in [-0.05, 0) is 26.2 Å².